The lowest BCUT2D eigenvalue weighted by molar-refractivity contribution is -0.428. The van der Waals surface area contributed by atoms with E-state index in [0.717, 1.165) is 0 Å². The van der Waals surface area contributed by atoms with Crippen molar-refractivity contribution in [3.63, 3.8) is 0 Å². The third kappa shape index (κ3) is 2.15. The lowest BCUT2D eigenvalue weighted by atomic mass is 9.95. The number of aliphatic hydroxyl groups is 3. The van der Waals surface area contributed by atoms with Crippen molar-refractivity contribution in [1.82, 2.24) is 0 Å². The van der Waals surface area contributed by atoms with Gasteiger partial charge in [0, 0.05) is 0 Å². The summed E-state index contributed by atoms with van der Waals surface area (Å²) >= 11 is 0. The maximum absolute atomic E-state index is 9.09. The molecule has 0 fully saturated rings. The average molecular weight is 182 g/mol. The lowest BCUT2D eigenvalue weighted by Gasteiger charge is -2.25. The second-order valence-electron chi connectivity index (χ2n) is 2.52. The standard InChI is InChI=1S/C6H11NO3.ClH/c7-3-1-2-4(8)6(10)5(3)9;/h1-6,8-10H,7H2;1H/t3-,4-,5-,6-;/m0./s1. The zero-order valence-corrected chi connectivity index (χ0v) is 6.65. The third-order valence-electron chi connectivity index (χ3n) is 1.69. The molecule has 5 heteroatoms. The van der Waals surface area contributed by atoms with Crippen LogP contribution in [-0.2, 0) is 0 Å². The first kappa shape index (κ1) is 10.9. The number of rotatable bonds is 0. The molecule has 0 amide bonds. The van der Waals surface area contributed by atoms with Crippen molar-refractivity contribution in [2.24, 2.45) is 0 Å². The van der Waals surface area contributed by atoms with Crippen LogP contribution in [0.3, 0.4) is 0 Å². The Morgan fingerprint density at radius 2 is 1.55 bits per heavy atom. The fourth-order valence-electron chi connectivity index (χ4n) is 0.940. The Hall–Kier alpha value is -0.130. The van der Waals surface area contributed by atoms with E-state index in [1.54, 1.807) is 6.08 Å². The molecular weight excluding hydrogens is 170 g/mol. The van der Waals surface area contributed by atoms with Gasteiger partial charge in [-0.05, 0) is 6.08 Å². The molecule has 0 saturated heterocycles. The van der Waals surface area contributed by atoms with Crippen LogP contribution < -0.4 is 18.1 Å². The van der Waals surface area contributed by atoms with Gasteiger partial charge < -0.3 is 33.5 Å². The van der Waals surface area contributed by atoms with Crippen LogP contribution in [0.25, 0.3) is 0 Å². The van der Waals surface area contributed by atoms with E-state index >= 15 is 0 Å². The first-order chi connectivity index (χ1) is 4.63. The molecular formula is C6H12ClNO3. The van der Waals surface area contributed by atoms with Crippen molar-refractivity contribution >= 4 is 0 Å². The van der Waals surface area contributed by atoms with Crippen LogP contribution >= 0.6 is 0 Å². The van der Waals surface area contributed by atoms with Crippen LogP contribution in [0.5, 0.6) is 0 Å². The van der Waals surface area contributed by atoms with Crippen molar-refractivity contribution in [2.75, 3.05) is 0 Å². The topological polar surface area (TPSA) is 88.3 Å². The zero-order valence-electron chi connectivity index (χ0n) is 5.89. The summed E-state index contributed by atoms with van der Waals surface area (Å²) in [7, 11) is 0. The molecule has 0 unspecified atom stereocenters. The Kier molecular flexibility index (Phi) is 3.99. The van der Waals surface area contributed by atoms with Gasteiger partial charge in [-0.1, -0.05) is 6.08 Å². The van der Waals surface area contributed by atoms with Gasteiger partial charge in [-0.3, -0.25) is 0 Å². The second kappa shape index (κ2) is 4.04. The average Bonchev–Trinajstić information content (AvgIpc) is 1.93. The number of halogens is 1. The highest BCUT2D eigenvalue weighted by Crippen LogP contribution is 2.10. The minimum atomic E-state index is -1.09. The Labute approximate surface area is 70.7 Å². The van der Waals surface area contributed by atoms with E-state index in [4.69, 9.17) is 15.3 Å². The van der Waals surface area contributed by atoms with E-state index in [-0.39, 0.29) is 18.4 Å². The molecule has 4 atom stereocenters. The molecule has 4 nitrogen and oxygen atoms in total. The summed E-state index contributed by atoms with van der Waals surface area (Å²) in [4.78, 5) is 0. The summed E-state index contributed by atoms with van der Waals surface area (Å²) in [6.07, 6.45) is 0.0393. The summed E-state index contributed by atoms with van der Waals surface area (Å²) in [5, 5.41) is 27.1. The Balaban J connectivity index is 0.000001000. The van der Waals surface area contributed by atoms with Gasteiger partial charge in [0.15, 0.2) is 0 Å². The molecule has 1 rings (SSSR count). The highest BCUT2D eigenvalue weighted by molar-refractivity contribution is 5.06. The largest absolute Gasteiger partial charge is 1.00 e. The van der Waals surface area contributed by atoms with Gasteiger partial charge in [-0.25, -0.2) is 0 Å². The number of aliphatic hydroxyl groups excluding tert-OH is 3. The van der Waals surface area contributed by atoms with E-state index in [2.05, 4.69) is 5.73 Å². The molecule has 0 aromatic carbocycles. The number of hydrogen-bond donors (Lipinski definition) is 4. The SMILES string of the molecule is [Cl-].[NH3+][C@H]1C=C[C@H](O)[C@H](O)[C@H]1O. The van der Waals surface area contributed by atoms with Gasteiger partial charge in [0.2, 0.25) is 0 Å². The van der Waals surface area contributed by atoms with E-state index < -0.39 is 18.3 Å². The molecule has 0 heterocycles. The van der Waals surface area contributed by atoms with Crippen LogP contribution in [0, 0.1) is 0 Å². The summed E-state index contributed by atoms with van der Waals surface area (Å²) < 4.78 is 0. The maximum Gasteiger partial charge on any atom is 0.138 e. The minimum Gasteiger partial charge on any atom is -1.00 e. The number of quaternary nitrogens is 1. The molecule has 0 spiro atoms. The predicted octanol–water partition coefficient (Wildman–Crippen LogP) is -5.75. The van der Waals surface area contributed by atoms with Gasteiger partial charge in [0.25, 0.3) is 0 Å². The van der Waals surface area contributed by atoms with E-state index in [9.17, 15) is 0 Å². The molecule has 1 aliphatic rings. The lowest BCUT2D eigenvalue weighted by Crippen LogP contribution is -3.00. The van der Waals surface area contributed by atoms with Crippen molar-refractivity contribution in [3.05, 3.63) is 12.2 Å². The Morgan fingerprint density at radius 3 is 2.00 bits per heavy atom. The van der Waals surface area contributed by atoms with Crippen LogP contribution in [0.2, 0.25) is 0 Å². The van der Waals surface area contributed by atoms with Crippen LogP contribution in [-0.4, -0.2) is 39.7 Å². The van der Waals surface area contributed by atoms with Gasteiger partial charge in [-0.2, -0.15) is 0 Å². The van der Waals surface area contributed by atoms with Crippen molar-refractivity contribution in [2.45, 2.75) is 24.4 Å². The molecule has 0 bridgehead atoms. The normalized spacial score (nSPS) is 43.3. The highest BCUT2D eigenvalue weighted by Gasteiger charge is 2.32. The van der Waals surface area contributed by atoms with E-state index in [1.165, 1.54) is 6.08 Å². The van der Waals surface area contributed by atoms with Crippen molar-refractivity contribution in [1.29, 1.82) is 0 Å². The Bertz CT molecular complexity index is 137. The summed E-state index contributed by atoms with van der Waals surface area (Å²) in [5.74, 6) is 0. The maximum atomic E-state index is 9.09. The third-order valence-corrected chi connectivity index (χ3v) is 1.69. The van der Waals surface area contributed by atoms with E-state index in [1.807, 2.05) is 0 Å². The van der Waals surface area contributed by atoms with Gasteiger partial charge in [-0.15, -0.1) is 0 Å². The van der Waals surface area contributed by atoms with Gasteiger partial charge >= 0.3 is 0 Å². The predicted molar refractivity (Wildman–Crippen MR) is 33.8 cm³/mol. The fraction of sp³-hybridized carbons (Fsp3) is 0.667. The molecule has 1 aliphatic carbocycles. The molecule has 6 N–H and O–H groups in total. The summed E-state index contributed by atoms with van der Waals surface area (Å²) in [6, 6.07) is -0.321. The molecule has 0 radical (unpaired) electrons. The smallest absolute Gasteiger partial charge is 0.138 e. The molecule has 66 valence electrons. The van der Waals surface area contributed by atoms with Gasteiger partial charge in [0.05, 0.1) is 0 Å². The Morgan fingerprint density at radius 1 is 1.00 bits per heavy atom. The highest BCUT2D eigenvalue weighted by atomic mass is 35.5. The first-order valence-electron chi connectivity index (χ1n) is 3.18. The molecule has 11 heavy (non-hydrogen) atoms. The molecule has 0 aliphatic heterocycles. The summed E-state index contributed by atoms with van der Waals surface area (Å²) in [5.41, 5.74) is 3.56. The van der Waals surface area contributed by atoms with Crippen LogP contribution in [0.15, 0.2) is 12.2 Å². The molecule has 0 saturated carbocycles. The molecule has 0 aromatic heterocycles. The monoisotopic (exact) mass is 181 g/mol. The molecule has 0 aromatic rings. The minimum absolute atomic E-state index is 0. The zero-order chi connectivity index (χ0) is 7.72. The van der Waals surface area contributed by atoms with Crippen LogP contribution in [0.4, 0.5) is 0 Å². The fourth-order valence-corrected chi connectivity index (χ4v) is 0.940. The van der Waals surface area contributed by atoms with E-state index in [0.29, 0.717) is 0 Å². The quantitative estimate of drug-likeness (QED) is 0.281. The van der Waals surface area contributed by atoms with Crippen molar-refractivity contribution in [3.8, 4) is 0 Å². The first-order valence-corrected chi connectivity index (χ1v) is 3.18. The van der Waals surface area contributed by atoms with Crippen molar-refractivity contribution < 1.29 is 33.5 Å². The second-order valence-corrected chi connectivity index (χ2v) is 2.52. The van der Waals surface area contributed by atoms with Crippen LogP contribution in [0.1, 0.15) is 0 Å². The summed E-state index contributed by atoms with van der Waals surface area (Å²) in [6.45, 7) is 0. The van der Waals surface area contributed by atoms with Gasteiger partial charge in [0.1, 0.15) is 24.4 Å². The number of hydrogen-bond acceptors (Lipinski definition) is 3.